The Balaban J connectivity index is 2.19. The van der Waals surface area contributed by atoms with Crippen molar-refractivity contribution in [2.45, 2.75) is 67.9 Å². The first-order valence-electron chi connectivity index (χ1n) is 7.79. The van der Waals surface area contributed by atoms with Gasteiger partial charge in [-0.1, -0.05) is 19.6 Å². The SMILES string of the molecule is C[SiH](C)C1([SiH](C)C2([SiH3])CCCCO2)CCCCO1. The fourth-order valence-corrected chi connectivity index (χ4v) is 16.3. The Labute approximate surface area is 118 Å². The minimum absolute atomic E-state index is 0.326. The Kier molecular flexibility index (Phi) is 4.92. The lowest BCUT2D eigenvalue weighted by Crippen LogP contribution is -2.68. The average molecular weight is 303 g/mol. The third-order valence-electron chi connectivity index (χ3n) is 5.46. The van der Waals surface area contributed by atoms with Crippen LogP contribution >= 0.6 is 0 Å². The summed E-state index contributed by atoms with van der Waals surface area (Å²) in [7, 11) is -0.565. The lowest BCUT2D eigenvalue weighted by atomic mass is 10.2. The van der Waals surface area contributed by atoms with Gasteiger partial charge in [-0.2, -0.15) is 0 Å². The molecule has 2 fully saturated rings. The van der Waals surface area contributed by atoms with Crippen molar-refractivity contribution in [3.05, 3.63) is 0 Å². The van der Waals surface area contributed by atoms with E-state index in [9.17, 15) is 0 Å². The molecule has 0 radical (unpaired) electrons. The first-order valence-corrected chi connectivity index (χ1v) is 14.0. The van der Waals surface area contributed by atoms with Crippen LogP contribution in [0.15, 0.2) is 0 Å². The molecule has 2 aliphatic rings. The topological polar surface area (TPSA) is 18.5 Å². The zero-order valence-corrected chi connectivity index (χ0v) is 16.9. The fraction of sp³-hybridized carbons (Fsp3) is 1.00. The van der Waals surface area contributed by atoms with E-state index in [4.69, 9.17) is 9.47 Å². The van der Waals surface area contributed by atoms with Crippen molar-refractivity contribution in [1.82, 2.24) is 0 Å². The molecule has 2 aliphatic heterocycles. The molecule has 0 spiro atoms. The Morgan fingerprint density at radius 1 is 0.889 bits per heavy atom. The Hall–Kier alpha value is 0.571. The maximum absolute atomic E-state index is 6.47. The number of ether oxygens (including phenoxy) is 2. The number of hydrogen-bond donors (Lipinski definition) is 0. The monoisotopic (exact) mass is 302 g/mol. The van der Waals surface area contributed by atoms with Gasteiger partial charge in [0.05, 0.1) is 8.80 Å². The maximum atomic E-state index is 6.47. The number of hydrogen-bond acceptors (Lipinski definition) is 2. The molecule has 2 heterocycles. The molecule has 3 atom stereocenters. The van der Waals surface area contributed by atoms with Crippen LogP contribution in [0.4, 0.5) is 0 Å². The molecule has 5 heteroatoms. The van der Waals surface area contributed by atoms with Crippen molar-refractivity contribution in [1.29, 1.82) is 0 Å². The van der Waals surface area contributed by atoms with Crippen LogP contribution in [0, 0.1) is 0 Å². The largest absolute Gasteiger partial charge is 0.383 e. The van der Waals surface area contributed by atoms with Crippen molar-refractivity contribution in [3.63, 3.8) is 0 Å². The van der Waals surface area contributed by atoms with E-state index in [-0.39, 0.29) is 0 Å². The Morgan fingerprint density at radius 2 is 1.50 bits per heavy atom. The van der Waals surface area contributed by atoms with E-state index in [1.165, 1.54) is 48.8 Å². The minimum Gasteiger partial charge on any atom is -0.383 e. The van der Waals surface area contributed by atoms with Gasteiger partial charge in [-0.05, 0) is 38.5 Å². The van der Waals surface area contributed by atoms with Gasteiger partial charge in [0.15, 0.2) is 0 Å². The molecule has 0 aromatic heterocycles. The van der Waals surface area contributed by atoms with Crippen molar-refractivity contribution >= 4 is 27.8 Å². The second-order valence-electron chi connectivity index (χ2n) is 6.76. The van der Waals surface area contributed by atoms with Gasteiger partial charge in [-0.3, -0.25) is 0 Å². The van der Waals surface area contributed by atoms with E-state index < -0.39 is 17.6 Å². The first kappa shape index (κ1) is 15.0. The van der Waals surface area contributed by atoms with Gasteiger partial charge >= 0.3 is 0 Å². The van der Waals surface area contributed by atoms with E-state index in [1.54, 1.807) is 0 Å². The molecule has 2 saturated heterocycles. The molecule has 0 aliphatic carbocycles. The van der Waals surface area contributed by atoms with Gasteiger partial charge in [-0.25, -0.2) is 0 Å². The highest BCUT2D eigenvalue weighted by atomic mass is 28.3. The predicted octanol–water partition coefficient (Wildman–Crippen LogP) is 1.15. The van der Waals surface area contributed by atoms with Crippen molar-refractivity contribution in [3.8, 4) is 0 Å². The van der Waals surface area contributed by atoms with Crippen molar-refractivity contribution < 1.29 is 9.47 Å². The zero-order chi connectivity index (χ0) is 13.2. The van der Waals surface area contributed by atoms with Gasteiger partial charge in [-0.15, -0.1) is 0 Å². The third-order valence-corrected chi connectivity index (χ3v) is 19.0. The van der Waals surface area contributed by atoms with Crippen LogP contribution in [-0.4, -0.2) is 50.7 Å². The highest BCUT2D eigenvalue weighted by Gasteiger charge is 2.51. The van der Waals surface area contributed by atoms with Crippen LogP contribution in [0.25, 0.3) is 0 Å². The summed E-state index contributed by atoms with van der Waals surface area (Å²) in [5.74, 6) is 0. The summed E-state index contributed by atoms with van der Waals surface area (Å²) in [5, 5.41) is 0. The summed E-state index contributed by atoms with van der Waals surface area (Å²) in [6.45, 7) is 9.60. The van der Waals surface area contributed by atoms with E-state index in [2.05, 4.69) is 19.6 Å². The summed E-state index contributed by atoms with van der Waals surface area (Å²) in [6.07, 6.45) is 8.00. The van der Waals surface area contributed by atoms with Gasteiger partial charge in [0, 0.05) is 33.2 Å². The molecule has 0 aromatic rings. The molecule has 106 valence electrons. The van der Waals surface area contributed by atoms with Crippen LogP contribution in [-0.2, 0) is 9.47 Å². The fourth-order valence-electron chi connectivity index (χ4n) is 3.95. The van der Waals surface area contributed by atoms with E-state index >= 15 is 0 Å². The van der Waals surface area contributed by atoms with Crippen molar-refractivity contribution in [2.24, 2.45) is 0 Å². The van der Waals surface area contributed by atoms with Crippen LogP contribution in [0.2, 0.25) is 19.6 Å². The van der Waals surface area contributed by atoms with Crippen molar-refractivity contribution in [2.75, 3.05) is 13.2 Å². The summed E-state index contributed by atoms with van der Waals surface area (Å²) in [5.41, 5.74) is 0. The Morgan fingerprint density at radius 3 is 1.94 bits per heavy atom. The normalized spacial score (nSPS) is 40.0. The standard InChI is InChI=1S/C13H30O2Si3/c1-17(2)13(9-5-7-11-15-13)18(3)12(16)8-4-6-10-14-12/h17-18H,4-11H2,1-3,16H3. The number of rotatable bonds is 3. The van der Waals surface area contributed by atoms with Crippen LogP contribution < -0.4 is 0 Å². The summed E-state index contributed by atoms with van der Waals surface area (Å²) in [4.78, 5) is 0.671. The molecule has 0 aromatic carbocycles. The summed E-state index contributed by atoms with van der Waals surface area (Å²) >= 11 is 0. The smallest absolute Gasteiger partial charge is 0.100 e. The lowest BCUT2D eigenvalue weighted by Gasteiger charge is -2.52. The molecule has 0 bridgehead atoms. The third kappa shape index (κ3) is 2.70. The summed E-state index contributed by atoms with van der Waals surface area (Å²) < 4.78 is 12.8. The first-order chi connectivity index (χ1) is 8.51. The molecular weight excluding hydrogens is 272 g/mol. The van der Waals surface area contributed by atoms with E-state index in [0.717, 1.165) is 13.2 Å². The maximum Gasteiger partial charge on any atom is 0.100 e. The summed E-state index contributed by atoms with van der Waals surface area (Å²) in [6, 6.07) is 0. The molecule has 2 nitrogen and oxygen atoms in total. The van der Waals surface area contributed by atoms with Gasteiger partial charge in [0.2, 0.25) is 0 Å². The molecular formula is C13H30O2Si3. The second kappa shape index (κ2) is 5.91. The molecule has 0 N–H and O–H groups in total. The quantitative estimate of drug-likeness (QED) is 0.728. The van der Waals surface area contributed by atoms with Crippen LogP contribution in [0.3, 0.4) is 0 Å². The highest BCUT2D eigenvalue weighted by molar-refractivity contribution is 6.85. The Bertz CT molecular complexity index is 271. The highest BCUT2D eigenvalue weighted by Crippen LogP contribution is 2.37. The van der Waals surface area contributed by atoms with Gasteiger partial charge in [0.25, 0.3) is 0 Å². The van der Waals surface area contributed by atoms with E-state index in [0.29, 0.717) is 9.70 Å². The lowest BCUT2D eigenvalue weighted by molar-refractivity contribution is -0.00147. The molecule has 3 unspecified atom stereocenters. The van der Waals surface area contributed by atoms with Crippen LogP contribution in [0.5, 0.6) is 0 Å². The molecule has 0 amide bonds. The van der Waals surface area contributed by atoms with Crippen LogP contribution in [0.1, 0.15) is 38.5 Å². The van der Waals surface area contributed by atoms with Gasteiger partial charge in [0.1, 0.15) is 8.80 Å². The predicted molar refractivity (Wildman–Crippen MR) is 86.9 cm³/mol. The minimum atomic E-state index is -0.995. The average Bonchev–Trinajstić information content (AvgIpc) is 2.39. The molecule has 18 heavy (non-hydrogen) atoms. The molecule has 2 rings (SSSR count). The van der Waals surface area contributed by atoms with Gasteiger partial charge < -0.3 is 9.47 Å². The zero-order valence-electron chi connectivity index (χ0n) is 12.6. The molecule has 0 saturated carbocycles. The second-order valence-corrected chi connectivity index (χ2v) is 17.2. The van der Waals surface area contributed by atoms with E-state index in [1.807, 2.05) is 0 Å².